The maximum Gasteiger partial charge on any atom is 0.358 e. The number of carboxylic acids is 1. The molecule has 2 aromatic rings. The van der Waals surface area contributed by atoms with E-state index in [9.17, 15) is 4.79 Å². The summed E-state index contributed by atoms with van der Waals surface area (Å²) < 4.78 is 6.55. The van der Waals surface area contributed by atoms with Crippen LogP contribution in [0.4, 0.5) is 0 Å². The van der Waals surface area contributed by atoms with Gasteiger partial charge in [0.15, 0.2) is 5.69 Å². The second-order valence-corrected chi connectivity index (χ2v) is 5.83. The summed E-state index contributed by atoms with van der Waals surface area (Å²) in [6.07, 6.45) is 0. The van der Waals surface area contributed by atoms with E-state index in [0.717, 1.165) is 5.69 Å². The Bertz CT molecular complexity index is 639. The van der Waals surface area contributed by atoms with Crippen LogP contribution >= 0.6 is 0 Å². The van der Waals surface area contributed by atoms with Crippen LogP contribution in [0.25, 0.3) is 5.69 Å². The number of benzene rings is 1. The Morgan fingerprint density at radius 1 is 1.29 bits per heavy atom. The normalized spacial score (nSPS) is 11.6. The van der Waals surface area contributed by atoms with Crippen molar-refractivity contribution in [3.05, 3.63) is 41.2 Å². The van der Waals surface area contributed by atoms with Crippen LogP contribution in [0.1, 0.15) is 42.5 Å². The van der Waals surface area contributed by atoms with Crippen LogP contribution in [-0.2, 0) is 16.8 Å². The molecule has 0 saturated heterocycles. The third kappa shape index (κ3) is 3.11. The fraction of sp³-hybridized carbons (Fsp3) is 0.400. The van der Waals surface area contributed by atoms with Crippen LogP contribution in [-0.4, -0.2) is 33.2 Å². The van der Waals surface area contributed by atoms with Crippen molar-refractivity contribution in [3.63, 3.8) is 0 Å². The molecule has 0 aliphatic carbocycles. The maximum atomic E-state index is 11.2. The lowest BCUT2D eigenvalue weighted by Crippen LogP contribution is -2.12. The van der Waals surface area contributed by atoms with Crippen molar-refractivity contribution >= 4 is 5.97 Å². The molecule has 1 aromatic heterocycles. The predicted molar refractivity (Wildman–Crippen MR) is 77.7 cm³/mol. The third-order valence-electron chi connectivity index (χ3n) is 3.22. The molecule has 0 saturated carbocycles. The van der Waals surface area contributed by atoms with Gasteiger partial charge in [-0.05, 0) is 23.1 Å². The van der Waals surface area contributed by atoms with Crippen LogP contribution < -0.4 is 0 Å². The van der Waals surface area contributed by atoms with Gasteiger partial charge in [0.25, 0.3) is 0 Å². The molecule has 0 aliphatic heterocycles. The molecule has 6 heteroatoms. The first-order valence-corrected chi connectivity index (χ1v) is 6.62. The number of ether oxygens (including phenoxy) is 1. The second kappa shape index (κ2) is 5.65. The topological polar surface area (TPSA) is 77.2 Å². The Balaban J connectivity index is 2.44. The summed E-state index contributed by atoms with van der Waals surface area (Å²) in [5.74, 6) is -1.11. The van der Waals surface area contributed by atoms with Gasteiger partial charge < -0.3 is 9.84 Å². The first kappa shape index (κ1) is 15.2. The van der Waals surface area contributed by atoms with E-state index in [0.29, 0.717) is 5.69 Å². The van der Waals surface area contributed by atoms with Crippen molar-refractivity contribution < 1.29 is 14.6 Å². The Morgan fingerprint density at radius 2 is 1.90 bits per heavy atom. The molecule has 0 amide bonds. The van der Waals surface area contributed by atoms with Gasteiger partial charge in [0.1, 0.15) is 5.69 Å². The van der Waals surface area contributed by atoms with Crippen LogP contribution in [0.3, 0.4) is 0 Å². The Labute approximate surface area is 123 Å². The van der Waals surface area contributed by atoms with E-state index < -0.39 is 5.97 Å². The van der Waals surface area contributed by atoms with Gasteiger partial charge in [-0.1, -0.05) is 38.1 Å². The molecule has 2 rings (SSSR count). The van der Waals surface area contributed by atoms with Crippen molar-refractivity contribution in [2.24, 2.45) is 0 Å². The molecule has 112 valence electrons. The monoisotopic (exact) mass is 289 g/mol. The average Bonchev–Trinajstić information content (AvgIpc) is 2.82. The minimum absolute atomic E-state index is 0.0580. The molecule has 6 nitrogen and oxygen atoms in total. The summed E-state index contributed by atoms with van der Waals surface area (Å²) >= 11 is 0. The summed E-state index contributed by atoms with van der Waals surface area (Å²) in [4.78, 5) is 11.2. The van der Waals surface area contributed by atoms with Crippen molar-refractivity contribution in [2.75, 3.05) is 7.11 Å². The van der Waals surface area contributed by atoms with E-state index in [1.165, 1.54) is 17.4 Å². The summed E-state index contributed by atoms with van der Waals surface area (Å²) in [6, 6.07) is 7.82. The smallest absolute Gasteiger partial charge is 0.358 e. The molecule has 0 radical (unpaired) electrons. The number of rotatable bonds is 4. The van der Waals surface area contributed by atoms with Crippen molar-refractivity contribution in [3.8, 4) is 5.69 Å². The van der Waals surface area contributed by atoms with Crippen LogP contribution in [0.15, 0.2) is 24.3 Å². The number of methoxy groups -OCH3 is 1. The highest BCUT2D eigenvalue weighted by molar-refractivity contribution is 5.86. The van der Waals surface area contributed by atoms with Gasteiger partial charge in [0.2, 0.25) is 0 Å². The predicted octanol–water partition coefficient (Wildman–Crippen LogP) is 2.41. The largest absolute Gasteiger partial charge is 0.476 e. The third-order valence-corrected chi connectivity index (χ3v) is 3.22. The second-order valence-electron chi connectivity index (χ2n) is 5.83. The first-order valence-electron chi connectivity index (χ1n) is 6.62. The lowest BCUT2D eigenvalue weighted by Gasteiger charge is -2.19. The summed E-state index contributed by atoms with van der Waals surface area (Å²) in [7, 11) is 1.51. The molecule has 1 N–H and O–H groups in total. The van der Waals surface area contributed by atoms with Crippen molar-refractivity contribution in [1.29, 1.82) is 0 Å². The highest BCUT2D eigenvalue weighted by Crippen LogP contribution is 2.23. The Kier molecular flexibility index (Phi) is 4.09. The minimum Gasteiger partial charge on any atom is -0.476 e. The lowest BCUT2D eigenvalue weighted by atomic mass is 9.87. The molecular weight excluding hydrogens is 270 g/mol. The first-order chi connectivity index (χ1) is 9.84. The molecule has 0 spiro atoms. The van der Waals surface area contributed by atoms with Gasteiger partial charge in [0.05, 0.1) is 12.3 Å². The average molecular weight is 289 g/mol. The fourth-order valence-electron chi connectivity index (χ4n) is 2.04. The number of aromatic nitrogens is 3. The molecule has 1 heterocycles. The van der Waals surface area contributed by atoms with E-state index >= 15 is 0 Å². The number of hydrogen-bond donors (Lipinski definition) is 1. The summed E-state index contributed by atoms with van der Waals surface area (Å²) in [5.41, 5.74) is 2.35. The lowest BCUT2D eigenvalue weighted by molar-refractivity contribution is 0.0685. The Morgan fingerprint density at radius 3 is 2.38 bits per heavy atom. The minimum atomic E-state index is -1.11. The molecule has 0 bridgehead atoms. The van der Waals surface area contributed by atoms with Gasteiger partial charge in [-0.25, -0.2) is 9.48 Å². The molecule has 1 aromatic carbocycles. The maximum absolute atomic E-state index is 11.2. The zero-order chi connectivity index (χ0) is 15.6. The zero-order valence-electron chi connectivity index (χ0n) is 12.6. The van der Waals surface area contributed by atoms with Crippen LogP contribution in [0.5, 0.6) is 0 Å². The van der Waals surface area contributed by atoms with Gasteiger partial charge in [-0.2, -0.15) is 0 Å². The van der Waals surface area contributed by atoms with Gasteiger partial charge >= 0.3 is 5.97 Å². The molecule has 0 atom stereocenters. The van der Waals surface area contributed by atoms with Crippen LogP contribution in [0, 0.1) is 0 Å². The van der Waals surface area contributed by atoms with Crippen molar-refractivity contribution in [1.82, 2.24) is 15.0 Å². The number of aromatic carboxylic acids is 1. The standard InChI is InChI=1S/C15H19N3O3/c1-15(2,3)10-5-7-11(8-6-10)18-12(9-21-4)13(14(19)20)16-17-18/h5-8H,9H2,1-4H3,(H,19,20). The summed E-state index contributed by atoms with van der Waals surface area (Å²) in [6.45, 7) is 6.54. The van der Waals surface area contributed by atoms with E-state index in [4.69, 9.17) is 9.84 Å². The molecule has 0 aliphatic rings. The van der Waals surface area contributed by atoms with Gasteiger partial charge in [-0.3, -0.25) is 0 Å². The number of hydrogen-bond acceptors (Lipinski definition) is 4. The highest BCUT2D eigenvalue weighted by atomic mass is 16.5. The van der Waals surface area contributed by atoms with E-state index in [1.54, 1.807) is 0 Å². The molecule has 21 heavy (non-hydrogen) atoms. The van der Waals surface area contributed by atoms with Crippen molar-refractivity contribution in [2.45, 2.75) is 32.8 Å². The van der Waals surface area contributed by atoms with Crippen LogP contribution in [0.2, 0.25) is 0 Å². The molecular formula is C15H19N3O3. The molecule has 0 unspecified atom stereocenters. The SMILES string of the molecule is COCc1c(C(=O)O)nnn1-c1ccc(C(C)(C)C)cc1. The number of carboxylic acid groups (broad SMARTS) is 1. The van der Waals surface area contributed by atoms with E-state index in [-0.39, 0.29) is 17.7 Å². The number of carbonyl (C=O) groups is 1. The fourth-order valence-corrected chi connectivity index (χ4v) is 2.04. The van der Waals surface area contributed by atoms with E-state index in [1.807, 2.05) is 24.3 Å². The van der Waals surface area contributed by atoms with E-state index in [2.05, 4.69) is 31.1 Å². The quantitative estimate of drug-likeness (QED) is 0.935. The summed E-state index contributed by atoms with van der Waals surface area (Å²) in [5, 5.41) is 16.8. The highest BCUT2D eigenvalue weighted by Gasteiger charge is 2.20. The van der Waals surface area contributed by atoms with Gasteiger partial charge in [0, 0.05) is 7.11 Å². The number of nitrogens with zero attached hydrogens (tertiary/aromatic N) is 3. The Hall–Kier alpha value is -2.21. The molecule has 0 fully saturated rings. The zero-order valence-corrected chi connectivity index (χ0v) is 12.6. The van der Waals surface area contributed by atoms with Gasteiger partial charge in [-0.15, -0.1) is 5.10 Å².